The number of halogens is 1. The van der Waals surface area contributed by atoms with E-state index < -0.39 is 0 Å². The Labute approximate surface area is 141 Å². The molecule has 5 heteroatoms. The number of hydrogen-bond acceptors (Lipinski definition) is 3. The second kappa shape index (κ2) is 8.09. The van der Waals surface area contributed by atoms with Crippen LogP contribution in [-0.4, -0.2) is 24.0 Å². The van der Waals surface area contributed by atoms with Crippen LogP contribution in [0.5, 0.6) is 0 Å². The summed E-state index contributed by atoms with van der Waals surface area (Å²) in [6.07, 6.45) is 1.71. The monoisotopic (exact) mass is 332 g/mol. The van der Waals surface area contributed by atoms with Crippen LogP contribution in [-0.2, 0) is 16.0 Å². The number of rotatable bonds is 6. The van der Waals surface area contributed by atoms with Gasteiger partial charge in [0.2, 0.25) is 5.91 Å². The van der Waals surface area contributed by atoms with E-state index in [4.69, 9.17) is 16.3 Å². The molecule has 2 rings (SSSR count). The van der Waals surface area contributed by atoms with Crippen molar-refractivity contribution >= 4 is 17.5 Å². The van der Waals surface area contributed by atoms with E-state index >= 15 is 0 Å². The Bertz CT molecular complexity index is 658. The number of benzene rings is 1. The maximum absolute atomic E-state index is 12.2. The molecule has 2 atom stereocenters. The molecule has 2 aromatic rings. The van der Waals surface area contributed by atoms with Gasteiger partial charge < -0.3 is 10.1 Å². The number of carbonyl (C=O) groups excluding carboxylic acids is 1. The van der Waals surface area contributed by atoms with Crippen molar-refractivity contribution in [3.05, 3.63) is 64.4 Å². The predicted octanol–water partition coefficient (Wildman–Crippen LogP) is 3.48. The van der Waals surface area contributed by atoms with E-state index in [9.17, 15) is 4.79 Å². The maximum Gasteiger partial charge on any atom is 0.224 e. The van der Waals surface area contributed by atoms with Crippen LogP contribution in [0.3, 0.4) is 0 Å². The Hall–Kier alpha value is -1.91. The first-order valence-corrected chi connectivity index (χ1v) is 7.87. The van der Waals surface area contributed by atoms with Crippen LogP contribution in [0.4, 0.5) is 0 Å². The van der Waals surface area contributed by atoms with Crippen molar-refractivity contribution in [3.8, 4) is 0 Å². The van der Waals surface area contributed by atoms with Crippen molar-refractivity contribution in [2.75, 3.05) is 7.11 Å². The zero-order chi connectivity index (χ0) is 16.8. The highest BCUT2D eigenvalue weighted by atomic mass is 35.5. The maximum atomic E-state index is 12.2. The second-order valence-corrected chi connectivity index (χ2v) is 5.93. The van der Waals surface area contributed by atoms with E-state index in [1.165, 1.54) is 0 Å². The average Bonchev–Trinajstić information content (AvgIpc) is 2.52. The van der Waals surface area contributed by atoms with Crippen molar-refractivity contribution in [2.24, 2.45) is 0 Å². The molecular weight excluding hydrogens is 312 g/mol. The molecular formula is C18H21ClN2O2. The van der Waals surface area contributed by atoms with Gasteiger partial charge in [-0.3, -0.25) is 9.78 Å². The molecule has 1 amide bonds. The van der Waals surface area contributed by atoms with Crippen molar-refractivity contribution in [2.45, 2.75) is 32.4 Å². The summed E-state index contributed by atoms with van der Waals surface area (Å²) in [6, 6.07) is 11.1. The number of nitrogens with zero attached hydrogens (tertiary/aromatic N) is 1. The third kappa shape index (κ3) is 4.78. The van der Waals surface area contributed by atoms with Gasteiger partial charge in [0.05, 0.1) is 12.5 Å². The number of pyridine rings is 1. The number of nitrogens with one attached hydrogen (secondary N) is 1. The molecule has 122 valence electrons. The first kappa shape index (κ1) is 17.4. The molecule has 0 saturated heterocycles. The van der Waals surface area contributed by atoms with Crippen LogP contribution in [0, 0.1) is 6.92 Å². The van der Waals surface area contributed by atoms with Gasteiger partial charge in [0, 0.05) is 29.6 Å². The molecule has 0 saturated carbocycles. The van der Waals surface area contributed by atoms with Crippen molar-refractivity contribution in [1.82, 2.24) is 10.3 Å². The van der Waals surface area contributed by atoms with Crippen LogP contribution >= 0.6 is 11.6 Å². The van der Waals surface area contributed by atoms with Gasteiger partial charge in [-0.05, 0) is 31.5 Å². The summed E-state index contributed by atoms with van der Waals surface area (Å²) in [5, 5.41) is 3.60. The van der Waals surface area contributed by atoms with E-state index in [1.54, 1.807) is 13.3 Å². The lowest BCUT2D eigenvalue weighted by molar-refractivity contribution is -0.122. The van der Waals surface area contributed by atoms with E-state index in [-0.39, 0.29) is 24.5 Å². The summed E-state index contributed by atoms with van der Waals surface area (Å²) in [4.78, 5) is 16.4. The zero-order valence-corrected chi connectivity index (χ0v) is 14.3. The summed E-state index contributed by atoms with van der Waals surface area (Å²) in [5.41, 5.74) is 2.68. The molecule has 0 radical (unpaired) electrons. The van der Waals surface area contributed by atoms with Gasteiger partial charge >= 0.3 is 0 Å². The van der Waals surface area contributed by atoms with Gasteiger partial charge in [0.15, 0.2) is 0 Å². The lowest BCUT2D eigenvalue weighted by Gasteiger charge is -2.25. The zero-order valence-electron chi connectivity index (χ0n) is 13.5. The number of hydrogen-bond donors (Lipinski definition) is 1. The molecule has 4 nitrogen and oxygen atoms in total. The number of carbonyl (C=O) groups is 1. The molecule has 0 bridgehead atoms. The van der Waals surface area contributed by atoms with E-state index in [2.05, 4.69) is 10.3 Å². The van der Waals surface area contributed by atoms with Crippen molar-refractivity contribution in [1.29, 1.82) is 0 Å². The fraction of sp³-hybridized carbons (Fsp3) is 0.333. The van der Waals surface area contributed by atoms with E-state index in [1.807, 2.05) is 50.2 Å². The fourth-order valence-corrected chi connectivity index (χ4v) is 2.72. The van der Waals surface area contributed by atoms with Gasteiger partial charge in [0.1, 0.15) is 6.10 Å². The van der Waals surface area contributed by atoms with E-state index in [0.29, 0.717) is 5.02 Å². The molecule has 1 heterocycles. The van der Waals surface area contributed by atoms with Crippen molar-refractivity contribution < 1.29 is 9.53 Å². The molecule has 0 unspecified atom stereocenters. The molecule has 0 spiro atoms. The topological polar surface area (TPSA) is 51.2 Å². The Morgan fingerprint density at radius 1 is 1.30 bits per heavy atom. The average molecular weight is 333 g/mol. The molecule has 0 aliphatic carbocycles. The van der Waals surface area contributed by atoms with Crippen LogP contribution in [0.2, 0.25) is 5.02 Å². The van der Waals surface area contributed by atoms with E-state index in [0.717, 1.165) is 16.8 Å². The number of ether oxygens (including phenoxy) is 1. The van der Waals surface area contributed by atoms with Crippen LogP contribution in [0.25, 0.3) is 0 Å². The van der Waals surface area contributed by atoms with Crippen LogP contribution < -0.4 is 5.32 Å². The summed E-state index contributed by atoms with van der Waals surface area (Å²) < 4.78 is 5.53. The summed E-state index contributed by atoms with van der Waals surface area (Å²) in [7, 11) is 1.61. The first-order chi connectivity index (χ1) is 11.0. The molecule has 1 aromatic carbocycles. The molecule has 1 aromatic heterocycles. The Morgan fingerprint density at radius 2 is 2.04 bits per heavy atom. The van der Waals surface area contributed by atoms with Gasteiger partial charge in [-0.25, -0.2) is 0 Å². The highest BCUT2D eigenvalue weighted by Gasteiger charge is 2.22. The van der Waals surface area contributed by atoms with Crippen molar-refractivity contribution in [3.63, 3.8) is 0 Å². The molecule has 0 fully saturated rings. The number of amides is 1. The Balaban J connectivity index is 2.01. The number of aromatic nitrogens is 1. The quantitative estimate of drug-likeness (QED) is 0.881. The first-order valence-electron chi connectivity index (χ1n) is 7.49. The molecule has 0 aliphatic rings. The minimum absolute atomic E-state index is 0.0720. The Kier molecular flexibility index (Phi) is 6.13. The molecule has 1 N–H and O–H groups in total. The SMILES string of the molecule is CO[C@H](c1ccccc1Cl)[C@H](C)NC(=O)Cc1ccc(C)nc1. The lowest BCUT2D eigenvalue weighted by Crippen LogP contribution is -2.38. The normalized spacial score (nSPS) is 13.4. The predicted molar refractivity (Wildman–Crippen MR) is 91.5 cm³/mol. The summed E-state index contributed by atoms with van der Waals surface area (Å²) in [5.74, 6) is -0.0720. The standard InChI is InChI=1S/C18H21ClN2O2/c1-12-8-9-14(11-20-12)10-17(22)21-13(2)18(23-3)15-6-4-5-7-16(15)19/h4-9,11,13,18H,10H2,1-3H3,(H,21,22)/t13-,18-/m0/s1. The minimum Gasteiger partial charge on any atom is -0.375 e. The summed E-state index contributed by atoms with van der Waals surface area (Å²) in [6.45, 7) is 3.82. The van der Waals surface area contributed by atoms with Crippen LogP contribution in [0.1, 0.15) is 29.8 Å². The Morgan fingerprint density at radius 3 is 2.65 bits per heavy atom. The summed E-state index contributed by atoms with van der Waals surface area (Å²) >= 11 is 6.22. The highest BCUT2D eigenvalue weighted by Crippen LogP contribution is 2.27. The minimum atomic E-state index is -0.302. The van der Waals surface area contributed by atoms with Crippen LogP contribution in [0.15, 0.2) is 42.6 Å². The van der Waals surface area contributed by atoms with Gasteiger partial charge in [0.25, 0.3) is 0 Å². The smallest absolute Gasteiger partial charge is 0.224 e. The second-order valence-electron chi connectivity index (χ2n) is 5.52. The third-order valence-corrected chi connectivity index (χ3v) is 3.99. The fourth-order valence-electron chi connectivity index (χ4n) is 2.48. The largest absolute Gasteiger partial charge is 0.375 e. The van der Waals surface area contributed by atoms with Gasteiger partial charge in [-0.1, -0.05) is 35.9 Å². The third-order valence-electron chi connectivity index (χ3n) is 3.65. The highest BCUT2D eigenvalue weighted by molar-refractivity contribution is 6.31. The number of aryl methyl sites for hydroxylation is 1. The van der Waals surface area contributed by atoms with Gasteiger partial charge in [-0.15, -0.1) is 0 Å². The number of methoxy groups -OCH3 is 1. The lowest BCUT2D eigenvalue weighted by atomic mass is 10.0. The molecule has 23 heavy (non-hydrogen) atoms. The van der Waals surface area contributed by atoms with Gasteiger partial charge in [-0.2, -0.15) is 0 Å². The molecule has 0 aliphatic heterocycles.